The maximum atomic E-state index is 12.0. The molecule has 1 N–H and O–H groups in total. The molecule has 0 bridgehead atoms. The van der Waals surface area contributed by atoms with Gasteiger partial charge in [-0.2, -0.15) is 0 Å². The maximum Gasteiger partial charge on any atom is 0.136 e. The minimum absolute atomic E-state index is 0.132. The standard InChI is InChI=1S/C17H17NO/c19-15-11-16(13-7-3-1-4-8-13)18-17(12-15)14-9-5-2-6-10-14/h1-10,16-18H,11-12H2/t16-,17+. The predicted octanol–water partition coefficient (Wildman–Crippen LogP) is 3.42. The Morgan fingerprint density at radius 1 is 0.737 bits per heavy atom. The lowest BCUT2D eigenvalue weighted by atomic mass is 9.89. The molecule has 1 saturated heterocycles. The molecule has 0 unspecified atom stereocenters. The van der Waals surface area contributed by atoms with Crippen LogP contribution in [0.5, 0.6) is 0 Å². The van der Waals surface area contributed by atoms with Gasteiger partial charge in [-0.1, -0.05) is 60.7 Å². The summed E-state index contributed by atoms with van der Waals surface area (Å²) in [5, 5.41) is 3.60. The number of carbonyl (C=O) groups is 1. The van der Waals surface area contributed by atoms with Crippen molar-refractivity contribution in [1.29, 1.82) is 0 Å². The van der Waals surface area contributed by atoms with E-state index in [4.69, 9.17) is 0 Å². The molecular formula is C17H17NO. The summed E-state index contributed by atoms with van der Waals surface area (Å²) >= 11 is 0. The second kappa shape index (κ2) is 5.37. The van der Waals surface area contributed by atoms with Crippen LogP contribution in [-0.2, 0) is 4.79 Å². The summed E-state index contributed by atoms with van der Waals surface area (Å²) in [6, 6.07) is 20.7. The van der Waals surface area contributed by atoms with E-state index in [1.54, 1.807) is 0 Å². The number of Topliss-reactive ketones (excluding diaryl/α,β-unsaturated/α-hetero) is 1. The van der Waals surface area contributed by atoms with E-state index in [1.807, 2.05) is 36.4 Å². The normalized spacial score (nSPS) is 23.3. The van der Waals surface area contributed by atoms with Gasteiger partial charge in [-0.15, -0.1) is 0 Å². The van der Waals surface area contributed by atoms with Crippen molar-refractivity contribution in [3.63, 3.8) is 0 Å². The van der Waals surface area contributed by atoms with Gasteiger partial charge < -0.3 is 5.32 Å². The molecule has 3 rings (SSSR count). The van der Waals surface area contributed by atoms with E-state index in [-0.39, 0.29) is 12.1 Å². The number of benzene rings is 2. The number of carbonyl (C=O) groups excluding carboxylic acids is 1. The van der Waals surface area contributed by atoms with E-state index in [0.29, 0.717) is 18.6 Å². The van der Waals surface area contributed by atoms with Crippen LogP contribution in [0.15, 0.2) is 60.7 Å². The van der Waals surface area contributed by atoms with Gasteiger partial charge in [0, 0.05) is 24.9 Å². The van der Waals surface area contributed by atoms with Gasteiger partial charge >= 0.3 is 0 Å². The molecule has 0 aromatic heterocycles. The minimum atomic E-state index is 0.132. The van der Waals surface area contributed by atoms with Crippen LogP contribution in [0.1, 0.15) is 36.1 Å². The van der Waals surface area contributed by atoms with E-state index >= 15 is 0 Å². The van der Waals surface area contributed by atoms with E-state index in [0.717, 1.165) is 0 Å². The van der Waals surface area contributed by atoms with Crippen molar-refractivity contribution in [2.75, 3.05) is 0 Å². The summed E-state index contributed by atoms with van der Waals surface area (Å²) < 4.78 is 0. The molecule has 1 fully saturated rings. The maximum absolute atomic E-state index is 12.0. The zero-order valence-corrected chi connectivity index (χ0v) is 10.8. The van der Waals surface area contributed by atoms with Gasteiger partial charge in [0.25, 0.3) is 0 Å². The van der Waals surface area contributed by atoms with Crippen molar-refractivity contribution in [3.05, 3.63) is 71.8 Å². The molecule has 0 spiro atoms. The summed E-state index contributed by atoms with van der Waals surface area (Å²) in [6.07, 6.45) is 1.18. The lowest BCUT2D eigenvalue weighted by Crippen LogP contribution is -2.35. The highest BCUT2D eigenvalue weighted by molar-refractivity contribution is 5.81. The highest BCUT2D eigenvalue weighted by atomic mass is 16.1. The lowest BCUT2D eigenvalue weighted by molar-refractivity contribution is -0.121. The van der Waals surface area contributed by atoms with Crippen molar-refractivity contribution in [2.24, 2.45) is 0 Å². The first kappa shape index (κ1) is 12.1. The Hall–Kier alpha value is -1.93. The third kappa shape index (κ3) is 2.74. The number of hydrogen-bond donors (Lipinski definition) is 1. The first-order chi connectivity index (χ1) is 9.33. The highest BCUT2D eigenvalue weighted by Gasteiger charge is 2.28. The van der Waals surface area contributed by atoms with E-state index in [9.17, 15) is 4.79 Å². The van der Waals surface area contributed by atoms with Gasteiger partial charge in [0.2, 0.25) is 0 Å². The van der Waals surface area contributed by atoms with Gasteiger partial charge in [-0.25, -0.2) is 0 Å². The van der Waals surface area contributed by atoms with Crippen molar-refractivity contribution in [2.45, 2.75) is 24.9 Å². The monoisotopic (exact) mass is 251 g/mol. The van der Waals surface area contributed by atoms with Crippen molar-refractivity contribution in [1.82, 2.24) is 5.32 Å². The van der Waals surface area contributed by atoms with Crippen LogP contribution in [0.3, 0.4) is 0 Å². The van der Waals surface area contributed by atoms with Crippen molar-refractivity contribution >= 4 is 5.78 Å². The van der Waals surface area contributed by atoms with Gasteiger partial charge in [-0.3, -0.25) is 4.79 Å². The summed E-state index contributed by atoms with van der Waals surface area (Å²) in [6.45, 7) is 0. The minimum Gasteiger partial charge on any atom is -0.302 e. The van der Waals surface area contributed by atoms with Gasteiger partial charge in [-0.05, 0) is 11.1 Å². The number of hydrogen-bond acceptors (Lipinski definition) is 2. The fraction of sp³-hybridized carbons (Fsp3) is 0.235. The number of ketones is 1. The molecule has 0 saturated carbocycles. The second-order valence-electron chi connectivity index (χ2n) is 5.04. The molecule has 1 heterocycles. The predicted molar refractivity (Wildman–Crippen MR) is 75.7 cm³/mol. The Bertz CT molecular complexity index is 500. The highest BCUT2D eigenvalue weighted by Crippen LogP contribution is 2.30. The Morgan fingerprint density at radius 2 is 1.16 bits per heavy atom. The smallest absolute Gasteiger partial charge is 0.136 e. The number of rotatable bonds is 2. The third-order valence-electron chi connectivity index (χ3n) is 3.67. The van der Waals surface area contributed by atoms with Crippen LogP contribution in [-0.4, -0.2) is 5.78 Å². The summed E-state index contributed by atoms with van der Waals surface area (Å²) in [5.41, 5.74) is 2.38. The first-order valence-electron chi connectivity index (χ1n) is 6.70. The quantitative estimate of drug-likeness (QED) is 0.886. The summed E-state index contributed by atoms with van der Waals surface area (Å²) in [4.78, 5) is 12.0. The molecule has 0 aliphatic carbocycles. The molecule has 0 radical (unpaired) electrons. The fourth-order valence-corrected chi connectivity index (χ4v) is 2.70. The van der Waals surface area contributed by atoms with E-state index in [1.165, 1.54) is 11.1 Å². The van der Waals surface area contributed by atoms with Crippen LogP contribution in [0.25, 0.3) is 0 Å². The molecule has 19 heavy (non-hydrogen) atoms. The number of nitrogens with one attached hydrogen (secondary N) is 1. The molecular weight excluding hydrogens is 234 g/mol. The van der Waals surface area contributed by atoms with Crippen molar-refractivity contribution in [3.8, 4) is 0 Å². The molecule has 2 aromatic carbocycles. The van der Waals surface area contributed by atoms with Crippen molar-refractivity contribution < 1.29 is 4.79 Å². The molecule has 2 atom stereocenters. The largest absolute Gasteiger partial charge is 0.302 e. The number of piperidine rings is 1. The Labute approximate surface area is 113 Å². The zero-order chi connectivity index (χ0) is 13.1. The van der Waals surface area contributed by atoms with Crippen LogP contribution in [0, 0.1) is 0 Å². The first-order valence-corrected chi connectivity index (χ1v) is 6.70. The SMILES string of the molecule is O=C1C[C@@H](c2ccccc2)N[C@@H](c2ccccc2)C1. The Morgan fingerprint density at radius 3 is 1.58 bits per heavy atom. The second-order valence-corrected chi connectivity index (χ2v) is 5.04. The van der Waals surface area contributed by atoms with Gasteiger partial charge in [0.05, 0.1) is 0 Å². The van der Waals surface area contributed by atoms with Gasteiger partial charge in [0.15, 0.2) is 0 Å². The average molecular weight is 251 g/mol. The van der Waals surface area contributed by atoms with Crippen LogP contribution in [0.2, 0.25) is 0 Å². The van der Waals surface area contributed by atoms with E-state index in [2.05, 4.69) is 29.6 Å². The third-order valence-corrected chi connectivity index (χ3v) is 3.67. The average Bonchev–Trinajstić information content (AvgIpc) is 2.48. The van der Waals surface area contributed by atoms with Gasteiger partial charge in [0.1, 0.15) is 5.78 Å². The molecule has 1 aliphatic rings. The molecule has 2 nitrogen and oxygen atoms in total. The summed E-state index contributed by atoms with van der Waals surface area (Å²) in [5.74, 6) is 0.335. The zero-order valence-electron chi connectivity index (χ0n) is 10.8. The topological polar surface area (TPSA) is 29.1 Å². The Balaban J connectivity index is 1.84. The lowest BCUT2D eigenvalue weighted by Gasteiger charge is -2.30. The molecule has 2 aromatic rings. The van der Waals surface area contributed by atoms with E-state index < -0.39 is 0 Å². The molecule has 96 valence electrons. The molecule has 0 amide bonds. The van der Waals surface area contributed by atoms with Crippen LogP contribution < -0.4 is 5.32 Å². The van der Waals surface area contributed by atoms with Crippen LogP contribution >= 0.6 is 0 Å². The Kier molecular flexibility index (Phi) is 3.43. The molecule has 2 heteroatoms. The molecule has 1 aliphatic heterocycles. The van der Waals surface area contributed by atoms with Crippen LogP contribution in [0.4, 0.5) is 0 Å². The summed E-state index contributed by atoms with van der Waals surface area (Å²) in [7, 11) is 0. The fourth-order valence-electron chi connectivity index (χ4n) is 2.70.